The molecular weight excluding hydrogens is 437 g/mol. The molecule has 0 bridgehead atoms. The zero-order chi connectivity index (χ0) is 16.7. The molecule has 2 rings (SSSR count). The fourth-order valence-electron chi connectivity index (χ4n) is 2.76. The van der Waals surface area contributed by atoms with Crippen LogP contribution in [0.15, 0.2) is 11.2 Å². The van der Waals surface area contributed by atoms with Gasteiger partial charge in [-0.1, -0.05) is 0 Å². The third kappa shape index (κ3) is 6.54. The van der Waals surface area contributed by atoms with Crippen LogP contribution in [0.25, 0.3) is 0 Å². The highest BCUT2D eigenvalue weighted by atomic mass is 127. The van der Waals surface area contributed by atoms with Crippen LogP contribution in [0.1, 0.15) is 36.1 Å². The molecule has 2 N–H and O–H groups in total. The number of nitrogens with one attached hydrogen (secondary N) is 2. The van der Waals surface area contributed by atoms with Crippen molar-refractivity contribution >= 4 is 47.2 Å². The van der Waals surface area contributed by atoms with Gasteiger partial charge in [-0.05, 0) is 32.6 Å². The number of thiazole rings is 1. The van der Waals surface area contributed by atoms with E-state index in [1.165, 1.54) is 4.88 Å². The maximum absolute atomic E-state index is 11.5. The molecule has 0 radical (unpaired) electrons. The third-order valence-corrected chi connectivity index (χ3v) is 4.93. The average molecular weight is 465 g/mol. The predicted molar refractivity (Wildman–Crippen MR) is 110 cm³/mol. The molecule has 1 aliphatic rings. The van der Waals surface area contributed by atoms with E-state index >= 15 is 0 Å². The quantitative estimate of drug-likeness (QED) is 0.398. The smallest absolute Gasteiger partial charge is 0.220 e. The number of aryl methyl sites for hydroxylation is 1. The second-order valence-electron chi connectivity index (χ2n) is 5.84. The molecule has 6 nitrogen and oxygen atoms in total. The summed E-state index contributed by atoms with van der Waals surface area (Å²) in [5, 5.41) is 7.13. The van der Waals surface area contributed by atoms with Crippen molar-refractivity contribution in [3.8, 4) is 0 Å². The number of nitrogens with zero attached hydrogens (tertiary/aromatic N) is 3. The molecule has 2 heterocycles. The van der Waals surface area contributed by atoms with Crippen LogP contribution in [-0.2, 0) is 11.3 Å². The van der Waals surface area contributed by atoms with Crippen LogP contribution in [0.5, 0.6) is 0 Å². The summed E-state index contributed by atoms with van der Waals surface area (Å²) in [4.78, 5) is 24.1. The highest BCUT2D eigenvalue weighted by Crippen LogP contribution is 2.20. The number of carbonyl (C=O) groups excluding carboxylic acids is 1. The number of aromatic nitrogens is 1. The van der Waals surface area contributed by atoms with Gasteiger partial charge in [0, 0.05) is 44.2 Å². The van der Waals surface area contributed by atoms with E-state index in [1.54, 1.807) is 18.4 Å². The molecule has 0 atom stereocenters. The Morgan fingerprint density at radius 3 is 2.71 bits per heavy atom. The number of likely N-dealkylation sites (tertiary alicyclic amines) is 1. The molecule has 1 aromatic rings. The maximum Gasteiger partial charge on any atom is 0.220 e. The molecule has 1 amide bonds. The van der Waals surface area contributed by atoms with Gasteiger partial charge in [-0.3, -0.25) is 4.79 Å². The average Bonchev–Trinajstić information content (AvgIpc) is 2.97. The summed E-state index contributed by atoms with van der Waals surface area (Å²) in [5.41, 5.74) is 0. The lowest BCUT2D eigenvalue weighted by Crippen LogP contribution is -2.46. The van der Waals surface area contributed by atoms with Gasteiger partial charge in [0.1, 0.15) is 5.01 Å². The molecule has 1 aromatic heterocycles. The molecule has 1 saturated heterocycles. The van der Waals surface area contributed by atoms with Crippen molar-refractivity contribution in [1.82, 2.24) is 20.5 Å². The van der Waals surface area contributed by atoms with E-state index in [0.29, 0.717) is 18.9 Å². The Kier molecular flexibility index (Phi) is 9.57. The van der Waals surface area contributed by atoms with E-state index in [0.717, 1.165) is 43.4 Å². The van der Waals surface area contributed by atoms with Crippen molar-refractivity contribution in [3.63, 3.8) is 0 Å². The Morgan fingerprint density at radius 2 is 2.17 bits per heavy atom. The molecule has 0 unspecified atom stereocenters. The Labute approximate surface area is 165 Å². The van der Waals surface area contributed by atoms with Crippen molar-refractivity contribution in [3.05, 3.63) is 16.1 Å². The molecule has 136 valence electrons. The number of guanidine groups is 1. The van der Waals surface area contributed by atoms with Crippen molar-refractivity contribution < 1.29 is 4.79 Å². The fourth-order valence-corrected chi connectivity index (χ4v) is 3.47. The number of hydrogen-bond donors (Lipinski definition) is 2. The SMILES string of the molecule is CCNC(=NCc1ncc(C)s1)N1CCC(CC(=O)NC)CC1.I. The molecule has 0 spiro atoms. The number of rotatable bonds is 5. The second kappa shape index (κ2) is 10.9. The highest BCUT2D eigenvalue weighted by Gasteiger charge is 2.23. The third-order valence-electron chi connectivity index (χ3n) is 4.04. The minimum Gasteiger partial charge on any atom is -0.359 e. The van der Waals surface area contributed by atoms with Gasteiger partial charge in [-0.2, -0.15) is 0 Å². The summed E-state index contributed by atoms with van der Waals surface area (Å²) >= 11 is 1.70. The Morgan fingerprint density at radius 1 is 1.46 bits per heavy atom. The van der Waals surface area contributed by atoms with Gasteiger partial charge in [0.05, 0.1) is 6.54 Å². The van der Waals surface area contributed by atoms with Crippen LogP contribution < -0.4 is 10.6 Å². The molecule has 0 aliphatic carbocycles. The predicted octanol–water partition coefficient (Wildman–Crippen LogP) is 2.38. The van der Waals surface area contributed by atoms with Gasteiger partial charge >= 0.3 is 0 Å². The van der Waals surface area contributed by atoms with Gasteiger partial charge in [-0.25, -0.2) is 9.98 Å². The van der Waals surface area contributed by atoms with Crippen LogP contribution in [0, 0.1) is 12.8 Å². The second-order valence-corrected chi connectivity index (χ2v) is 7.16. The molecule has 1 aliphatic heterocycles. The summed E-state index contributed by atoms with van der Waals surface area (Å²) < 4.78 is 0. The molecule has 0 aromatic carbocycles. The van der Waals surface area contributed by atoms with E-state index in [4.69, 9.17) is 4.99 Å². The number of piperidine rings is 1. The van der Waals surface area contributed by atoms with Crippen LogP contribution in [0.4, 0.5) is 0 Å². The number of hydrogen-bond acceptors (Lipinski definition) is 4. The summed E-state index contributed by atoms with van der Waals surface area (Å²) in [5.74, 6) is 1.58. The largest absolute Gasteiger partial charge is 0.359 e. The molecule has 1 fully saturated rings. The van der Waals surface area contributed by atoms with Gasteiger partial charge in [-0.15, -0.1) is 35.3 Å². The summed E-state index contributed by atoms with van der Waals surface area (Å²) in [6.07, 6.45) is 4.60. The van der Waals surface area contributed by atoms with Crippen LogP contribution >= 0.6 is 35.3 Å². The number of aliphatic imine (C=N–C) groups is 1. The van der Waals surface area contributed by atoms with Crippen molar-refractivity contribution in [2.45, 2.75) is 39.7 Å². The minimum absolute atomic E-state index is 0. The number of halogens is 1. The van der Waals surface area contributed by atoms with Crippen molar-refractivity contribution in [2.75, 3.05) is 26.7 Å². The Hall–Kier alpha value is -0.900. The summed E-state index contributed by atoms with van der Waals surface area (Å²) in [6, 6.07) is 0. The summed E-state index contributed by atoms with van der Waals surface area (Å²) in [7, 11) is 1.70. The first-order valence-electron chi connectivity index (χ1n) is 8.27. The zero-order valence-corrected chi connectivity index (χ0v) is 17.8. The normalized spacial score (nSPS) is 15.8. The van der Waals surface area contributed by atoms with Crippen molar-refractivity contribution in [1.29, 1.82) is 0 Å². The summed E-state index contributed by atoms with van der Waals surface area (Å²) in [6.45, 7) is 7.52. The topological polar surface area (TPSA) is 69.6 Å². The first-order valence-corrected chi connectivity index (χ1v) is 9.09. The van der Waals surface area contributed by atoms with E-state index in [2.05, 4.69) is 34.4 Å². The first kappa shape index (κ1) is 21.1. The van der Waals surface area contributed by atoms with Crippen LogP contribution in [0.2, 0.25) is 0 Å². The fraction of sp³-hybridized carbons (Fsp3) is 0.688. The van der Waals surface area contributed by atoms with Crippen LogP contribution in [0.3, 0.4) is 0 Å². The Balaban J connectivity index is 0.00000288. The zero-order valence-electron chi connectivity index (χ0n) is 14.7. The van der Waals surface area contributed by atoms with E-state index in [9.17, 15) is 4.79 Å². The van der Waals surface area contributed by atoms with E-state index in [1.807, 2.05) is 6.20 Å². The highest BCUT2D eigenvalue weighted by molar-refractivity contribution is 14.0. The maximum atomic E-state index is 11.5. The standard InChI is InChI=1S/C16H27N5OS.HI/c1-4-18-16(20-11-15-19-10-12(2)23-15)21-7-5-13(6-8-21)9-14(22)17-3;/h10,13H,4-9,11H2,1-3H3,(H,17,22)(H,18,20);1H. The Bertz CT molecular complexity index is 540. The lowest BCUT2D eigenvalue weighted by molar-refractivity contribution is -0.121. The van der Waals surface area contributed by atoms with Gasteiger partial charge in [0.25, 0.3) is 0 Å². The molecule has 24 heavy (non-hydrogen) atoms. The number of carbonyl (C=O) groups is 1. The van der Waals surface area contributed by atoms with Crippen molar-refractivity contribution in [2.24, 2.45) is 10.9 Å². The lowest BCUT2D eigenvalue weighted by Gasteiger charge is -2.34. The molecule has 0 saturated carbocycles. The van der Waals surface area contributed by atoms with Gasteiger partial charge < -0.3 is 15.5 Å². The molecule has 8 heteroatoms. The monoisotopic (exact) mass is 465 g/mol. The minimum atomic E-state index is 0. The van der Waals surface area contributed by atoms with E-state index in [-0.39, 0.29) is 29.9 Å². The lowest BCUT2D eigenvalue weighted by atomic mass is 9.93. The number of amides is 1. The van der Waals surface area contributed by atoms with Gasteiger partial charge in [0.2, 0.25) is 5.91 Å². The molecular formula is C16H28IN5OS. The van der Waals surface area contributed by atoms with Crippen LogP contribution in [-0.4, -0.2) is 48.4 Å². The van der Waals surface area contributed by atoms with E-state index < -0.39 is 0 Å². The van der Waals surface area contributed by atoms with Gasteiger partial charge in [0.15, 0.2) is 5.96 Å². The first-order chi connectivity index (χ1) is 11.1.